The number of anilines is 1. The lowest BCUT2D eigenvalue weighted by molar-refractivity contribution is 0.102. The third kappa shape index (κ3) is 3.91. The Hall–Kier alpha value is -3.25. The van der Waals surface area contributed by atoms with Crippen LogP contribution in [0, 0.1) is 6.92 Å². The fourth-order valence-corrected chi connectivity index (χ4v) is 3.71. The van der Waals surface area contributed by atoms with E-state index in [9.17, 15) is 4.79 Å². The average Bonchev–Trinajstić information content (AvgIpc) is 3.05. The molecule has 0 saturated heterocycles. The summed E-state index contributed by atoms with van der Waals surface area (Å²) in [7, 11) is 0. The van der Waals surface area contributed by atoms with Gasteiger partial charge in [-0.25, -0.2) is 9.67 Å². The summed E-state index contributed by atoms with van der Waals surface area (Å²) in [6, 6.07) is 11.7. The minimum atomic E-state index is -0.298. The summed E-state index contributed by atoms with van der Waals surface area (Å²) in [5, 5.41) is 8.52. The molecule has 1 N–H and O–H groups in total. The van der Waals surface area contributed by atoms with Crippen molar-refractivity contribution in [2.24, 2.45) is 0 Å². The monoisotopic (exact) mass is 419 g/mol. The van der Waals surface area contributed by atoms with E-state index in [1.54, 1.807) is 17.1 Å². The van der Waals surface area contributed by atoms with Crippen LogP contribution in [0.1, 0.15) is 46.9 Å². The lowest BCUT2D eigenvalue weighted by atomic mass is 10.0. The lowest BCUT2D eigenvalue weighted by Crippen LogP contribution is -2.13. The third-order valence-corrected chi connectivity index (χ3v) is 5.43. The molecule has 152 valence electrons. The number of carbonyl (C=O) groups excluding carboxylic acids is 1. The first-order chi connectivity index (χ1) is 14.4. The fraction of sp³-hybridized carbons (Fsp3) is 0.217. The second-order valence-corrected chi connectivity index (χ2v) is 7.89. The Morgan fingerprint density at radius 2 is 1.83 bits per heavy atom. The first-order valence-corrected chi connectivity index (χ1v) is 10.1. The molecule has 0 aliphatic heterocycles. The van der Waals surface area contributed by atoms with E-state index in [1.807, 2.05) is 43.3 Å². The van der Waals surface area contributed by atoms with Crippen LogP contribution in [0.15, 0.2) is 55.0 Å². The number of halogens is 1. The normalized spacial score (nSPS) is 11.2. The van der Waals surface area contributed by atoms with E-state index in [4.69, 9.17) is 11.6 Å². The number of carbonyl (C=O) groups is 1. The Morgan fingerprint density at radius 1 is 1.13 bits per heavy atom. The summed E-state index contributed by atoms with van der Waals surface area (Å²) in [6.07, 6.45) is 4.99. The van der Waals surface area contributed by atoms with Crippen LogP contribution >= 0.6 is 11.6 Å². The maximum absolute atomic E-state index is 12.8. The molecule has 4 rings (SSSR count). The van der Waals surface area contributed by atoms with Crippen LogP contribution in [0.2, 0.25) is 5.02 Å². The molecule has 0 spiro atoms. The zero-order valence-electron chi connectivity index (χ0n) is 17.1. The van der Waals surface area contributed by atoms with Gasteiger partial charge < -0.3 is 5.32 Å². The predicted molar refractivity (Wildman–Crippen MR) is 119 cm³/mol. The van der Waals surface area contributed by atoms with E-state index in [2.05, 4.69) is 34.2 Å². The zero-order chi connectivity index (χ0) is 21.3. The largest absolute Gasteiger partial charge is 0.322 e. The summed E-state index contributed by atoms with van der Waals surface area (Å²) in [6.45, 7) is 6.67. The number of hydrogen-bond donors (Lipinski definition) is 1. The van der Waals surface area contributed by atoms with Crippen molar-refractivity contribution in [2.75, 3.05) is 5.32 Å². The molecular formula is C23H22ClN5O. The minimum absolute atomic E-state index is 0.298. The quantitative estimate of drug-likeness (QED) is 0.481. The highest BCUT2D eigenvalue weighted by molar-refractivity contribution is 6.39. The number of aromatic nitrogens is 4. The number of rotatable bonds is 5. The molecule has 1 amide bonds. The summed E-state index contributed by atoms with van der Waals surface area (Å²) in [5.41, 5.74) is 4.68. The minimum Gasteiger partial charge on any atom is -0.322 e. The van der Waals surface area contributed by atoms with Crippen LogP contribution in [-0.4, -0.2) is 25.7 Å². The number of nitrogens with zero attached hydrogens (tertiary/aromatic N) is 4. The highest BCUT2D eigenvalue weighted by Gasteiger charge is 2.19. The molecule has 3 aromatic heterocycles. The highest BCUT2D eigenvalue weighted by Crippen LogP contribution is 2.29. The maximum Gasteiger partial charge on any atom is 0.258 e. The van der Waals surface area contributed by atoms with Gasteiger partial charge in [-0.1, -0.05) is 37.6 Å². The van der Waals surface area contributed by atoms with E-state index in [-0.39, 0.29) is 5.91 Å². The molecule has 0 radical (unpaired) electrons. The van der Waals surface area contributed by atoms with Crippen molar-refractivity contribution in [2.45, 2.75) is 33.2 Å². The van der Waals surface area contributed by atoms with E-state index < -0.39 is 0 Å². The van der Waals surface area contributed by atoms with Crippen molar-refractivity contribution in [1.29, 1.82) is 0 Å². The summed E-state index contributed by atoms with van der Waals surface area (Å²) >= 11 is 6.63. The van der Waals surface area contributed by atoms with Gasteiger partial charge >= 0.3 is 0 Å². The van der Waals surface area contributed by atoms with Crippen LogP contribution in [0.25, 0.3) is 11.0 Å². The lowest BCUT2D eigenvalue weighted by Gasteiger charge is -2.10. The van der Waals surface area contributed by atoms with Gasteiger partial charge in [-0.05, 0) is 48.2 Å². The first kappa shape index (κ1) is 20.0. The number of nitrogens with one attached hydrogen (secondary N) is 1. The Kier molecular flexibility index (Phi) is 5.50. The van der Waals surface area contributed by atoms with Gasteiger partial charge in [-0.15, -0.1) is 0 Å². The van der Waals surface area contributed by atoms with Gasteiger partial charge in [0.25, 0.3) is 5.91 Å². The van der Waals surface area contributed by atoms with Gasteiger partial charge in [0.15, 0.2) is 5.65 Å². The Morgan fingerprint density at radius 3 is 2.50 bits per heavy atom. The molecule has 0 aliphatic rings. The maximum atomic E-state index is 12.8. The molecule has 0 aliphatic carbocycles. The molecule has 0 fully saturated rings. The van der Waals surface area contributed by atoms with Gasteiger partial charge in [-0.2, -0.15) is 5.10 Å². The molecule has 7 heteroatoms. The van der Waals surface area contributed by atoms with E-state index in [0.29, 0.717) is 39.8 Å². The Bertz CT molecular complexity index is 1200. The van der Waals surface area contributed by atoms with Crippen LogP contribution in [-0.2, 0) is 6.54 Å². The number of benzene rings is 1. The van der Waals surface area contributed by atoms with Gasteiger partial charge in [0.05, 0.1) is 28.2 Å². The first-order valence-electron chi connectivity index (χ1n) is 9.76. The highest BCUT2D eigenvalue weighted by atomic mass is 35.5. The Labute approximate surface area is 179 Å². The predicted octanol–water partition coefficient (Wildman–Crippen LogP) is 5.21. The van der Waals surface area contributed by atoms with E-state index in [1.165, 1.54) is 11.8 Å². The van der Waals surface area contributed by atoms with Crippen molar-refractivity contribution >= 4 is 34.2 Å². The summed E-state index contributed by atoms with van der Waals surface area (Å²) < 4.78 is 1.79. The van der Waals surface area contributed by atoms with Crippen molar-refractivity contribution in [3.05, 3.63) is 82.4 Å². The van der Waals surface area contributed by atoms with Crippen LogP contribution in [0.3, 0.4) is 0 Å². The van der Waals surface area contributed by atoms with Gasteiger partial charge in [0, 0.05) is 24.3 Å². The SMILES string of the molecule is Cc1nn(Cc2ccncc2)c2ncc(C(=O)Nc3ccc(C(C)C)cc3)c(Cl)c12. The molecule has 0 unspecified atom stereocenters. The third-order valence-electron chi connectivity index (χ3n) is 5.03. The van der Waals surface area contributed by atoms with Crippen molar-refractivity contribution in [1.82, 2.24) is 19.7 Å². The van der Waals surface area contributed by atoms with Gasteiger partial charge in [0.1, 0.15) is 0 Å². The Balaban J connectivity index is 1.63. The standard InChI is InChI=1S/C23H22ClN5O/c1-14(2)17-4-6-18(7-5-17)27-23(30)19-12-26-22-20(21(19)24)15(3)28-29(22)13-16-8-10-25-11-9-16/h4-12,14H,13H2,1-3H3,(H,27,30). The van der Waals surface area contributed by atoms with Crippen LogP contribution in [0.4, 0.5) is 5.69 Å². The van der Waals surface area contributed by atoms with Crippen molar-refractivity contribution in [3.8, 4) is 0 Å². The zero-order valence-corrected chi connectivity index (χ0v) is 17.8. The molecule has 4 aromatic rings. The molecule has 0 atom stereocenters. The number of hydrogen-bond acceptors (Lipinski definition) is 4. The second-order valence-electron chi connectivity index (χ2n) is 7.51. The molecule has 30 heavy (non-hydrogen) atoms. The van der Waals surface area contributed by atoms with Crippen molar-refractivity contribution < 1.29 is 4.79 Å². The molecular weight excluding hydrogens is 398 g/mol. The summed E-state index contributed by atoms with van der Waals surface area (Å²) in [5.74, 6) is 0.135. The molecule has 3 heterocycles. The number of fused-ring (bicyclic) bond motifs is 1. The van der Waals surface area contributed by atoms with E-state index >= 15 is 0 Å². The van der Waals surface area contributed by atoms with E-state index in [0.717, 1.165) is 11.3 Å². The van der Waals surface area contributed by atoms with Gasteiger partial charge in [0.2, 0.25) is 0 Å². The number of aryl methyl sites for hydroxylation is 1. The summed E-state index contributed by atoms with van der Waals surface area (Å²) in [4.78, 5) is 21.4. The second kappa shape index (κ2) is 8.24. The van der Waals surface area contributed by atoms with Crippen LogP contribution < -0.4 is 5.32 Å². The molecule has 6 nitrogen and oxygen atoms in total. The topological polar surface area (TPSA) is 72.7 Å². The number of amides is 1. The van der Waals surface area contributed by atoms with Gasteiger partial charge in [-0.3, -0.25) is 9.78 Å². The molecule has 0 bridgehead atoms. The molecule has 0 saturated carbocycles. The smallest absolute Gasteiger partial charge is 0.258 e. The van der Waals surface area contributed by atoms with Crippen LogP contribution in [0.5, 0.6) is 0 Å². The fourth-order valence-electron chi connectivity index (χ4n) is 3.35. The number of pyridine rings is 2. The van der Waals surface area contributed by atoms with Crippen molar-refractivity contribution in [3.63, 3.8) is 0 Å². The average molecular weight is 420 g/mol. The molecule has 1 aromatic carbocycles.